The minimum absolute atomic E-state index is 0.0503. The molecule has 6 nitrogen and oxygen atoms in total. The number of anilines is 2. The predicted octanol–water partition coefficient (Wildman–Crippen LogP) is 3.80. The van der Waals surface area contributed by atoms with Crippen molar-refractivity contribution >= 4 is 28.9 Å². The first-order valence-corrected chi connectivity index (χ1v) is 9.50. The van der Waals surface area contributed by atoms with Crippen molar-refractivity contribution in [1.29, 1.82) is 0 Å². The van der Waals surface area contributed by atoms with Crippen LogP contribution in [0.2, 0.25) is 5.02 Å². The van der Waals surface area contributed by atoms with Crippen LogP contribution in [0.4, 0.5) is 11.5 Å². The third kappa shape index (κ3) is 4.35. The molecule has 0 amide bonds. The quantitative estimate of drug-likeness (QED) is 0.526. The van der Waals surface area contributed by atoms with E-state index < -0.39 is 0 Å². The van der Waals surface area contributed by atoms with Crippen LogP contribution >= 0.6 is 11.6 Å². The standard InChI is InChI=1S/C21H24ClN5O/c1-13-3-5-15(6-4-13)20(28)19-18(24)21(25-12-11-14(2)23)27(26-19)17-9-7-16(22)8-10-17/h3-10,14,25H,11-12,23-24H2,1-2H3. The van der Waals surface area contributed by atoms with Crippen molar-refractivity contribution in [2.24, 2.45) is 5.73 Å². The Kier molecular flexibility index (Phi) is 6.02. The van der Waals surface area contributed by atoms with Gasteiger partial charge in [0.1, 0.15) is 5.69 Å². The van der Waals surface area contributed by atoms with E-state index in [2.05, 4.69) is 10.4 Å². The number of halogens is 1. The fourth-order valence-corrected chi connectivity index (χ4v) is 2.92. The van der Waals surface area contributed by atoms with Crippen molar-refractivity contribution in [3.63, 3.8) is 0 Å². The SMILES string of the molecule is Cc1ccc(C(=O)c2nn(-c3ccc(Cl)cc3)c(NCCC(C)N)c2N)cc1. The first-order chi connectivity index (χ1) is 13.4. The van der Waals surface area contributed by atoms with Crippen LogP contribution in [0.25, 0.3) is 5.69 Å². The zero-order valence-electron chi connectivity index (χ0n) is 15.9. The van der Waals surface area contributed by atoms with Gasteiger partial charge in [0.15, 0.2) is 11.5 Å². The first kappa shape index (κ1) is 19.9. The molecular formula is C21H24ClN5O. The zero-order valence-corrected chi connectivity index (χ0v) is 16.7. The number of aromatic nitrogens is 2. The number of rotatable bonds is 7. The molecule has 0 radical (unpaired) electrons. The molecule has 1 unspecified atom stereocenters. The maximum absolute atomic E-state index is 13.0. The molecule has 0 spiro atoms. The Morgan fingerprint density at radius 3 is 2.43 bits per heavy atom. The van der Waals surface area contributed by atoms with Gasteiger partial charge in [-0.05, 0) is 44.5 Å². The Balaban J connectivity index is 2.02. The number of nitrogens with one attached hydrogen (secondary N) is 1. The zero-order chi connectivity index (χ0) is 20.3. The average molecular weight is 398 g/mol. The van der Waals surface area contributed by atoms with Crippen molar-refractivity contribution in [3.8, 4) is 5.69 Å². The normalized spacial score (nSPS) is 12.0. The summed E-state index contributed by atoms with van der Waals surface area (Å²) in [6.45, 7) is 4.52. The first-order valence-electron chi connectivity index (χ1n) is 9.12. The van der Waals surface area contributed by atoms with Gasteiger partial charge >= 0.3 is 0 Å². The Labute approximate surface area is 169 Å². The number of benzene rings is 2. The van der Waals surface area contributed by atoms with Crippen LogP contribution in [0.5, 0.6) is 0 Å². The van der Waals surface area contributed by atoms with Gasteiger partial charge in [-0.3, -0.25) is 4.79 Å². The molecule has 3 aromatic rings. The molecule has 0 saturated carbocycles. The summed E-state index contributed by atoms with van der Waals surface area (Å²) in [5, 5.41) is 8.40. The minimum atomic E-state index is -0.222. The highest BCUT2D eigenvalue weighted by molar-refractivity contribution is 6.30. The maximum Gasteiger partial charge on any atom is 0.215 e. The number of aryl methyl sites for hydroxylation is 1. The summed E-state index contributed by atoms with van der Waals surface area (Å²) in [6, 6.07) is 14.6. The number of carbonyl (C=O) groups is 1. The smallest absolute Gasteiger partial charge is 0.215 e. The largest absolute Gasteiger partial charge is 0.394 e. The van der Waals surface area contributed by atoms with Crippen LogP contribution in [-0.4, -0.2) is 28.2 Å². The van der Waals surface area contributed by atoms with E-state index in [-0.39, 0.29) is 17.5 Å². The predicted molar refractivity (Wildman–Crippen MR) is 114 cm³/mol. The van der Waals surface area contributed by atoms with Crippen LogP contribution < -0.4 is 16.8 Å². The van der Waals surface area contributed by atoms with Crippen molar-refractivity contribution < 1.29 is 4.79 Å². The van der Waals surface area contributed by atoms with Gasteiger partial charge in [0, 0.05) is 23.2 Å². The van der Waals surface area contributed by atoms with E-state index in [1.165, 1.54) is 0 Å². The second kappa shape index (κ2) is 8.46. The summed E-state index contributed by atoms with van der Waals surface area (Å²) in [5.74, 6) is 0.346. The number of ketones is 1. The molecular weight excluding hydrogens is 374 g/mol. The lowest BCUT2D eigenvalue weighted by Gasteiger charge is -2.12. The highest BCUT2D eigenvalue weighted by atomic mass is 35.5. The molecule has 2 aromatic carbocycles. The van der Waals surface area contributed by atoms with Gasteiger partial charge in [0.2, 0.25) is 5.78 Å². The lowest BCUT2D eigenvalue weighted by Crippen LogP contribution is -2.20. The Morgan fingerprint density at radius 1 is 1.18 bits per heavy atom. The van der Waals surface area contributed by atoms with E-state index in [1.807, 2.05) is 38.1 Å². The Bertz CT molecular complexity index is 962. The fraction of sp³-hybridized carbons (Fsp3) is 0.238. The van der Waals surface area contributed by atoms with E-state index in [0.29, 0.717) is 28.6 Å². The second-order valence-electron chi connectivity index (χ2n) is 6.89. The van der Waals surface area contributed by atoms with Crippen LogP contribution in [0.3, 0.4) is 0 Å². The number of nitrogens with two attached hydrogens (primary N) is 2. The summed E-state index contributed by atoms with van der Waals surface area (Å²) in [7, 11) is 0. The summed E-state index contributed by atoms with van der Waals surface area (Å²) in [5.41, 5.74) is 15.1. The minimum Gasteiger partial charge on any atom is -0.394 e. The van der Waals surface area contributed by atoms with E-state index in [9.17, 15) is 4.79 Å². The molecule has 3 rings (SSSR count). The van der Waals surface area contributed by atoms with E-state index >= 15 is 0 Å². The molecule has 1 atom stereocenters. The molecule has 0 bridgehead atoms. The topological polar surface area (TPSA) is 99.0 Å². The van der Waals surface area contributed by atoms with Gasteiger partial charge in [0.25, 0.3) is 0 Å². The van der Waals surface area contributed by atoms with Crippen LogP contribution in [0.1, 0.15) is 35.0 Å². The van der Waals surface area contributed by atoms with Gasteiger partial charge < -0.3 is 16.8 Å². The number of carbonyl (C=O) groups excluding carboxylic acids is 1. The lowest BCUT2D eigenvalue weighted by molar-refractivity contribution is 0.103. The fourth-order valence-electron chi connectivity index (χ4n) is 2.80. The van der Waals surface area contributed by atoms with E-state index in [1.54, 1.807) is 28.9 Å². The molecule has 0 saturated heterocycles. The van der Waals surface area contributed by atoms with Gasteiger partial charge in [-0.15, -0.1) is 0 Å². The Hall–Kier alpha value is -2.83. The monoisotopic (exact) mass is 397 g/mol. The molecule has 7 heteroatoms. The van der Waals surface area contributed by atoms with Gasteiger partial charge in [-0.2, -0.15) is 5.10 Å². The van der Waals surface area contributed by atoms with E-state index in [4.69, 9.17) is 23.1 Å². The number of hydrogen-bond acceptors (Lipinski definition) is 5. The van der Waals surface area contributed by atoms with Gasteiger partial charge in [0.05, 0.1) is 5.69 Å². The molecule has 0 fully saturated rings. The molecule has 5 N–H and O–H groups in total. The van der Waals surface area contributed by atoms with E-state index in [0.717, 1.165) is 17.7 Å². The number of nitrogens with zero attached hydrogens (tertiary/aromatic N) is 2. The van der Waals surface area contributed by atoms with Crippen molar-refractivity contribution in [1.82, 2.24) is 9.78 Å². The second-order valence-corrected chi connectivity index (χ2v) is 7.32. The number of hydrogen-bond donors (Lipinski definition) is 3. The van der Waals surface area contributed by atoms with Crippen LogP contribution in [0.15, 0.2) is 48.5 Å². The summed E-state index contributed by atoms with van der Waals surface area (Å²) in [4.78, 5) is 13.0. The van der Waals surface area contributed by atoms with Gasteiger partial charge in [-0.25, -0.2) is 4.68 Å². The third-order valence-electron chi connectivity index (χ3n) is 4.41. The summed E-state index contributed by atoms with van der Waals surface area (Å²) in [6.07, 6.45) is 0.756. The lowest BCUT2D eigenvalue weighted by atomic mass is 10.1. The summed E-state index contributed by atoms with van der Waals surface area (Å²) < 4.78 is 1.63. The maximum atomic E-state index is 13.0. The molecule has 1 aromatic heterocycles. The average Bonchev–Trinajstić information content (AvgIpc) is 2.99. The highest BCUT2D eigenvalue weighted by Crippen LogP contribution is 2.29. The molecule has 146 valence electrons. The molecule has 0 aliphatic rings. The van der Waals surface area contributed by atoms with Crippen LogP contribution in [-0.2, 0) is 0 Å². The number of nitrogen functional groups attached to an aromatic ring is 1. The van der Waals surface area contributed by atoms with Crippen molar-refractivity contribution in [3.05, 3.63) is 70.4 Å². The van der Waals surface area contributed by atoms with Gasteiger partial charge in [-0.1, -0.05) is 41.4 Å². The van der Waals surface area contributed by atoms with Crippen molar-refractivity contribution in [2.75, 3.05) is 17.6 Å². The van der Waals surface area contributed by atoms with Crippen molar-refractivity contribution in [2.45, 2.75) is 26.3 Å². The third-order valence-corrected chi connectivity index (χ3v) is 4.67. The molecule has 0 aliphatic heterocycles. The Morgan fingerprint density at radius 2 is 1.82 bits per heavy atom. The molecule has 0 aliphatic carbocycles. The molecule has 1 heterocycles. The van der Waals surface area contributed by atoms with Crippen LogP contribution in [0, 0.1) is 6.92 Å². The highest BCUT2D eigenvalue weighted by Gasteiger charge is 2.23. The summed E-state index contributed by atoms with van der Waals surface area (Å²) >= 11 is 6.00. The molecule has 28 heavy (non-hydrogen) atoms.